The molecule has 0 bridgehead atoms. The average Bonchev–Trinajstić information content (AvgIpc) is 3.65. The maximum absolute atomic E-state index is 4.63. The van der Waals surface area contributed by atoms with Gasteiger partial charge in [-0.05, 0) is 41.5 Å². The van der Waals surface area contributed by atoms with Gasteiger partial charge in [-0.3, -0.25) is 9.13 Å². The molecule has 5 nitrogen and oxygen atoms in total. The molecule has 0 saturated carbocycles. The minimum Gasteiger partial charge on any atom is -0.299 e. The molecule has 0 aliphatic rings. The van der Waals surface area contributed by atoms with Crippen LogP contribution in [0.25, 0.3) is 56.0 Å². The van der Waals surface area contributed by atoms with Crippen molar-refractivity contribution in [1.82, 2.24) is 24.3 Å². The van der Waals surface area contributed by atoms with Crippen molar-refractivity contribution in [2.75, 3.05) is 0 Å². The van der Waals surface area contributed by atoms with Crippen LogP contribution >= 0.6 is 0 Å². The van der Waals surface area contributed by atoms with Crippen LogP contribution in [0.5, 0.6) is 0 Å². The van der Waals surface area contributed by atoms with Crippen molar-refractivity contribution in [3.8, 4) is 45.0 Å². The molecular formula is C33H23N5. The fraction of sp³-hybridized carbons (Fsp3) is 0. The van der Waals surface area contributed by atoms with Gasteiger partial charge in [0.1, 0.15) is 12.7 Å². The lowest BCUT2D eigenvalue weighted by atomic mass is 9.95. The maximum atomic E-state index is 4.63. The summed E-state index contributed by atoms with van der Waals surface area (Å²) in [6, 6.07) is 43.9. The van der Waals surface area contributed by atoms with Gasteiger partial charge < -0.3 is 0 Å². The van der Waals surface area contributed by atoms with Crippen LogP contribution in [0.1, 0.15) is 0 Å². The molecule has 0 aliphatic heterocycles. The zero-order valence-electron chi connectivity index (χ0n) is 20.5. The zero-order valence-corrected chi connectivity index (χ0v) is 20.5. The van der Waals surface area contributed by atoms with E-state index in [0.717, 1.165) is 56.0 Å². The summed E-state index contributed by atoms with van der Waals surface area (Å²) in [5.74, 6) is 0.772. The van der Waals surface area contributed by atoms with Crippen LogP contribution in [0.2, 0.25) is 0 Å². The van der Waals surface area contributed by atoms with Crippen molar-refractivity contribution in [2.45, 2.75) is 0 Å². The summed E-state index contributed by atoms with van der Waals surface area (Å²) in [5.41, 5.74) is 9.52. The molecule has 5 heteroatoms. The molecule has 0 saturated heterocycles. The molecule has 0 spiro atoms. The number of para-hydroxylation sites is 2. The molecule has 0 unspecified atom stereocenters. The number of hydrogen-bond donors (Lipinski definition) is 0. The van der Waals surface area contributed by atoms with Crippen molar-refractivity contribution in [1.29, 1.82) is 0 Å². The average molecular weight is 490 g/mol. The van der Waals surface area contributed by atoms with E-state index in [1.54, 1.807) is 0 Å². The number of benzene rings is 5. The summed E-state index contributed by atoms with van der Waals surface area (Å²) in [5, 5.41) is 8.99. The van der Waals surface area contributed by atoms with Gasteiger partial charge in [0, 0.05) is 22.4 Å². The van der Waals surface area contributed by atoms with Crippen molar-refractivity contribution < 1.29 is 0 Å². The number of fused-ring (bicyclic) bond motifs is 1. The van der Waals surface area contributed by atoms with Crippen molar-refractivity contribution in [3.63, 3.8) is 0 Å². The highest BCUT2D eigenvalue weighted by Gasteiger charge is 2.19. The molecule has 38 heavy (non-hydrogen) atoms. The van der Waals surface area contributed by atoms with Gasteiger partial charge in [0.25, 0.3) is 0 Å². The third-order valence-electron chi connectivity index (χ3n) is 6.83. The van der Waals surface area contributed by atoms with Gasteiger partial charge in [0.2, 0.25) is 0 Å². The highest BCUT2D eigenvalue weighted by atomic mass is 15.3. The Hall–Kier alpha value is -5.29. The van der Waals surface area contributed by atoms with E-state index in [4.69, 9.17) is 0 Å². The predicted octanol–water partition coefficient (Wildman–Crippen LogP) is 7.61. The normalized spacial score (nSPS) is 11.2. The zero-order chi connectivity index (χ0) is 25.3. The van der Waals surface area contributed by atoms with Crippen LogP contribution in [-0.4, -0.2) is 24.3 Å². The molecule has 0 N–H and O–H groups in total. The molecule has 180 valence electrons. The van der Waals surface area contributed by atoms with Crippen LogP contribution in [0.4, 0.5) is 0 Å². The monoisotopic (exact) mass is 489 g/mol. The van der Waals surface area contributed by atoms with Crippen LogP contribution in [0.15, 0.2) is 140 Å². The topological polar surface area (TPSA) is 48.5 Å². The lowest BCUT2D eigenvalue weighted by Crippen LogP contribution is -2.02. The van der Waals surface area contributed by atoms with E-state index >= 15 is 0 Å². The Balaban J connectivity index is 1.45. The summed E-state index contributed by atoms with van der Waals surface area (Å²) >= 11 is 0. The third kappa shape index (κ3) is 3.78. The quantitative estimate of drug-likeness (QED) is 0.250. The summed E-state index contributed by atoms with van der Waals surface area (Å²) in [7, 11) is 0. The van der Waals surface area contributed by atoms with Gasteiger partial charge in [-0.2, -0.15) is 0 Å². The van der Waals surface area contributed by atoms with Crippen molar-refractivity contribution >= 4 is 11.0 Å². The standard InChI is InChI=1S/C33H23N5/c1-4-11-24(12-5-1)28-17-10-18-29(25-13-6-2-7-14-25)32(28)38-23-35-36-33(38)26-19-20-30-31(21-26)37(22-34-30)27-15-8-3-9-16-27/h1-23H. The second kappa shape index (κ2) is 9.30. The van der Waals surface area contributed by atoms with Crippen LogP contribution < -0.4 is 0 Å². The van der Waals surface area contributed by atoms with Gasteiger partial charge in [0.15, 0.2) is 5.82 Å². The van der Waals surface area contributed by atoms with Crippen LogP contribution in [0.3, 0.4) is 0 Å². The first-order valence-electron chi connectivity index (χ1n) is 12.5. The first-order valence-corrected chi connectivity index (χ1v) is 12.5. The highest BCUT2D eigenvalue weighted by molar-refractivity contribution is 5.87. The molecular weight excluding hydrogens is 466 g/mol. The molecule has 7 rings (SSSR count). The lowest BCUT2D eigenvalue weighted by Gasteiger charge is -2.18. The van der Waals surface area contributed by atoms with Crippen molar-refractivity contribution in [2.24, 2.45) is 0 Å². The van der Waals surface area contributed by atoms with Gasteiger partial charge in [-0.15, -0.1) is 10.2 Å². The SMILES string of the molecule is c1ccc(-c2cccc(-c3ccccc3)c2-n2cnnc2-c2ccc3ncn(-c4ccccc4)c3c2)cc1. The van der Waals surface area contributed by atoms with E-state index in [1.165, 1.54) is 0 Å². The summed E-state index contributed by atoms with van der Waals surface area (Å²) in [6.45, 7) is 0. The minimum absolute atomic E-state index is 0.772. The molecule has 5 aromatic carbocycles. The Labute approximate surface area is 220 Å². The predicted molar refractivity (Wildman–Crippen MR) is 152 cm³/mol. The Morgan fingerprint density at radius 2 is 1.13 bits per heavy atom. The number of imidazole rings is 1. The molecule has 2 heterocycles. The van der Waals surface area contributed by atoms with E-state index in [-0.39, 0.29) is 0 Å². The second-order valence-corrected chi connectivity index (χ2v) is 9.11. The number of aromatic nitrogens is 5. The number of nitrogens with zero attached hydrogens (tertiary/aromatic N) is 5. The summed E-state index contributed by atoms with van der Waals surface area (Å²) in [6.07, 6.45) is 3.68. The Kier molecular flexibility index (Phi) is 5.37. The van der Waals surface area contributed by atoms with Gasteiger partial charge in [-0.1, -0.05) is 97.1 Å². The molecule has 0 atom stereocenters. The summed E-state index contributed by atoms with van der Waals surface area (Å²) < 4.78 is 4.21. The molecule has 2 aromatic heterocycles. The van der Waals surface area contributed by atoms with Crippen LogP contribution in [0, 0.1) is 0 Å². The van der Waals surface area contributed by atoms with Gasteiger partial charge in [0.05, 0.1) is 16.7 Å². The first kappa shape index (κ1) is 21.9. The van der Waals surface area contributed by atoms with Crippen molar-refractivity contribution in [3.05, 3.63) is 140 Å². The fourth-order valence-electron chi connectivity index (χ4n) is 5.04. The number of rotatable bonds is 5. The Morgan fingerprint density at radius 1 is 0.500 bits per heavy atom. The number of hydrogen-bond acceptors (Lipinski definition) is 3. The van der Waals surface area contributed by atoms with Gasteiger partial charge >= 0.3 is 0 Å². The van der Waals surface area contributed by atoms with E-state index in [9.17, 15) is 0 Å². The smallest absolute Gasteiger partial charge is 0.168 e. The molecule has 0 fully saturated rings. The molecule has 0 amide bonds. The largest absolute Gasteiger partial charge is 0.299 e. The molecule has 0 radical (unpaired) electrons. The maximum Gasteiger partial charge on any atom is 0.168 e. The van der Waals surface area contributed by atoms with E-state index in [1.807, 2.05) is 49.1 Å². The first-order chi connectivity index (χ1) is 18.9. The van der Waals surface area contributed by atoms with Gasteiger partial charge in [-0.25, -0.2) is 4.98 Å². The highest BCUT2D eigenvalue weighted by Crippen LogP contribution is 2.37. The lowest BCUT2D eigenvalue weighted by molar-refractivity contribution is 1.07. The Morgan fingerprint density at radius 3 is 1.79 bits per heavy atom. The summed E-state index contributed by atoms with van der Waals surface area (Å²) in [4.78, 5) is 4.63. The van der Waals surface area contributed by atoms with E-state index in [2.05, 4.69) is 115 Å². The van der Waals surface area contributed by atoms with Crippen LogP contribution in [-0.2, 0) is 0 Å². The minimum atomic E-state index is 0.772. The second-order valence-electron chi connectivity index (χ2n) is 9.11. The van der Waals surface area contributed by atoms with E-state index < -0.39 is 0 Å². The molecule has 0 aliphatic carbocycles. The molecule has 7 aromatic rings. The fourth-order valence-corrected chi connectivity index (χ4v) is 5.04. The Bertz CT molecular complexity index is 1790. The van der Waals surface area contributed by atoms with E-state index in [0.29, 0.717) is 0 Å². The third-order valence-corrected chi connectivity index (χ3v) is 6.83.